The van der Waals surface area contributed by atoms with Gasteiger partial charge in [0, 0.05) is 5.96 Å². The minimum atomic E-state index is -0.534. The molecule has 10 heavy (non-hydrogen) atoms. The summed E-state index contributed by atoms with van der Waals surface area (Å²) < 4.78 is 0. The van der Waals surface area contributed by atoms with Crippen LogP contribution in [0.3, 0.4) is 0 Å². The highest BCUT2D eigenvalue weighted by atomic mass is 15.1. The Morgan fingerprint density at radius 3 is 1.80 bits per heavy atom. The highest BCUT2D eigenvalue weighted by Gasteiger charge is 2.05. The topological polar surface area (TPSA) is 94.6 Å². The number of rotatable bonds is 0. The van der Waals surface area contributed by atoms with Crippen molar-refractivity contribution >= 4 is 17.4 Å². The van der Waals surface area contributed by atoms with Gasteiger partial charge in [0.2, 0.25) is 0 Å². The third-order valence-electron chi connectivity index (χ3n) is 0.860. The lowest BCUT2D eigenvalue weighted by Crippen LogP contribution is -2.04. The molecule has 0 fully saturated rings. The SMILES string of the molecule is N#CC1=NC(=[N-])N=C1C#N. The summed E-state index contributed by atoms with van der Waals surface area (Å²) in [5, 5.41) is 25.1. The summed E-state index contributed by atoms with van der Waals surface area (Å²) in [7, 11) is 0. The molecule has 0 aliphatic carbocycles. The Morgan fingerprint density at radius 2 is 1.50 bits per heavy atom. The summed E-state index contributed by atoms with van der Waals surface area (Å²) in [6.07, 6.45) is 0. The molecule has 0 spiro atoms. The number of hydrogen-bond acceptors (Lipinski definition) is 2. The Balaban J connectivity index is 3.12. The normalized spacial score (nSPS) is 15.2. The minimum absolute atomic E-state index is 0.139. The first-order chi connectivity index (χ1) is 4.77. The number of guanidine groups is 1. The largest absolute Gasteiger partial charge is 0.347 e. The Morgan fingerprint density at radius 1 is 1.10 bits per heavy atom. The molecular formula is C5N5-. The van der Waals surface area contributed by atoms with Gasteiger partial charge in [0.05, 0.1) is 11.4 Å². The maximum Gasteiger partial charge on any atom is 0.104 e. The Hall–Kier alpha value is -2.01. The van der Waals surface area contributed by atoms with E-state index in [-0.39, 0.29) is 11.4 Å². The molecule has 0 aromatic heterocycles. The van der Waals surface area contributed by atoms with Gasteiger partial charge in [0.15, 0.2) is 0 Å². The van der Waals surface area contributed by atoms with Crippen LogP contribution in [-0.4, -0.2) is 17.4 Å². The molecule has 0 amide bonds. The lowest BCUT2D eigenvalue weighted by Gasteiger charge is -1.85. The summed E-state index contributed by atoms with van der Waals surface area (Å²) in [4.78, 5) is 6.52. The van der Waals surface area contributed by atoms with Gasteiger partial charge in [-0.15, -0.1) is 0 Å². The van der Waals surface area contributed by atoms with E-state index in [2.05, 4.69) is 9.98 Å². The molecule has 1 heterocycles. The van der Waals surface area contributed by atoms with Crippen molar-refractivity contribution < 1.29 is 0 Å². The number of nitriles is 2. The molecule has 0 saturated carbocycles. The van der Waals surface area contributed by atoms with E-state index in [0.717, 1.165) is 0 Å². The van der Waals surface area contributed by atoms with E-state index in [1.807, 2.05) is 0 Å². The van der Waals surface area contributed by atoms with Gasteiger partial charge < -0.3 is 15.4 Å². The zero-order valence-electron chi connectivity index (χ0n) is 4.74. The van der Waals surface area contributed by atoms with Crippen molar-refractivity contribution in [3.63, 3.8) is 0 Å². The maximum absolute atomic E-state index is 8.57. The number of aliphatic imine (C=N–C) groups is 2. The lowest BCUT2D eigenvalue weighted by molar-refractivity contribution is 1.54. The molecular weight excluding hydrogens is 130 g/mol. The number of nitrogens with zero attached hydrogens (tertiary/aromatic N) is 5. The standard InChI is InChI=1S/C5N5/c6-1-3-4(2-7)10-5(8)9-3/q-1. The second kappa shape index (κ2) is 2.08. The van der Waals surface area contributed by atoms with E-state index in [1.165, 1.54) is 0 Å². The monoisotopic (exact) mass is 130 g/mol. The molecule has 1 aliphatic heterocycles. The summed E-state index contributed by atoms with van der Waals surface area (Å²) in [6.45, 7) is 0. The van der Waals surface area contributed by atoms with Gasteiger partial charge in [-0.2, -0.15) is 10.5 Å². The first-order valence-corrected chi connectivity index (χ1v) is 2.32. The van der Waals surface area contributed by atoms with Crippen LogP contribution in [0.25, 0.3) is 5.41 Å². The van der Waals surface area contributed by atoms with Gasteiger partial charge in [0.25, 0.3) is 0 Å². The smallest absolute Gasteiger partial charge is 0.104 e. The molecule has 5 heteroatoms. The van der Waals surface area contributed by atoms with Crippen molar-refractivity contribution in [2.75, 3.05) is 0 Å². The van der Waals surface area contributed by atoms with Gasteiger partial charge in [-0.1, -0.05) is 0 Å². The quantitative estimate of drug-likeness (QED) is 0.456. The highest BCUT2D eigenvalue weighted by molar-refractivity contribution is 6.58. The molecule has 1 rings (SSSR count). The van der Waals surface area contributed by atoms with Gasteiger partial charge >= 0.3 is 0 Å². The van der Waals surface area contributed by atoms with Crippen LogP contribution in [0.1, 0.15) is 0 Å². The predicted octanol–water partition coefficient (Wildman–Crippen LogP) is -0.145. The zero-order chi connectivity index (χ0) is 7.56. The molecule has 0 N–H and O–H groups in total. The Bertz CT molecular complexity index is 289. The summed E-state index contributed by atoms with van der Waals surface area (Å²) >= 11 is 0. The van der Waals surface area contributed by atoms with Crippen molar-refractivity contribution in [1.29, 1.82) is 10.5 Å². The highest BCUT2D eigenvalue weighted by Crippen LogP contribution is 1.96. The molecule has 1 aliphatic rings. The average molecular weight is 130 g/mol. The summed E-state index contributed by atoms with van der Waals surface area (Å²) in [6, 6.07) is 3.22. The molecule has 0 unspecified atom stereocenters. The second-order valence-corrected chi connectivity index (χ2v) is 1.44. The Kier molecular flexibility index (Phi) is 1.27. The van der Waals surface area contributed by atoms with Crippen molar-refractivity contribution in [3.8, 4) is 12.1 Å². The van der Waals surface area contributed by atoms with E-state index in [4.69, 9.17) is 15.9 Å². The molecule has 0 bridgehead atoms. The summed E-state index contributed by atoms with van der Waals surface area (Å²) in [5.74, 6) is -0.534. The third kappa shape index (κ3) is 0.762. The van der Waals surface area contributed by atoms with Crippen molar-refractivity contribution in [2.45, 2.75) is 0 Å². The van der Waals surface area contributed by atoms with Crippen LogP contribution in [0.2, 0.25) is 0 Å². The van der Waals surface area contributed by atoms with Gasteiger partial charge in [0.1, 0.15) is 12.1 Å². The summed E-state index contributed by atoms with van der Waals surface area (Å²) in [5.41, 5.74) is -0.278. The van der Waals surface area contributed by atoms with E-state index in [0.29, 0.717) is 0 Å². The van der Waals surface area contributed by atoms with Crippen molar-refractivity contribution in [3.05, 3.63) is 5.41 Å². The predicted molar refractivity (Wildman–Crippen MR) is 34.5 cm³/mol. The molecule has 0 saturated heterocycles. The van der Waals surface area contributed by atoms with E-state index < -0.39 is 5.96 Å². The van der Waals surface area contributed by atoms with E-state index in [1.54, 1.807) is 12.1 Å². The van der Waals surface area contributed by atoms with Gasteiger partial charge in [-0.3, -0.25) is 0 Å². The second-order valence-electron chi connectivity index (χ2n) is 1.44. The van der Waals surface area contributed by atoms with Crippen LogP contribution in [0.4, 0.5) is 0 Å². The Labute approximate surface area is 56.5 Å². The number of hydrogen-bond donors (Lipinski definition) is 0. The van der Waals surface area contributed by atoms with Crippen molar-refractivity contribution in [1.82, 2.24) is 0 Å². The van der Waals surface area contributed by atoms with E-state index in [9.17, 15) is 0 Å². The molecule has 5 nitrogen and oxygen atoms in total. The van der Waals surface area contributed by atoms with Crippen molar-refractivity contribution in [2.24, 2.45) is 9.98 Å². The molecule has 0 radical (unpaired) electrons. The maximum atomic E-state index is 8.57. The zero-order valence-corrected chi connectivity index (χ0v) is 4.74. The minimum Gasteiger partial charge on any atom is -0.347 e. The lowest BCUT2D eigenvalue weighted by atomic mass is 10.3. The van der Waals surface area contributed by atoms with Gasteiger partial charge in [-0.05, 0) is 0 Å². The molecule has 0 aromatic rings. The van der Waals surface area contributed by atoms with Crippen LogP contribution >= 0.6 is 0 Å². The first kappa shape index (κ1) is 6.12. The first-order valence-electron chi connectivity index (χ1n) is 2.32. The van der Waals surface area contributed by atoms with Crippen LogP contribution in [0.15, 0.2) is 9.98 Å². The van der Waals surface area contributed by atoms with E-state index >= 15 is 0 Å². The van der Waals surface area contributed by atoms with Crippen LogP contribution in [-0.2, 0) is 0 Å². The van der Waals surface area contributed by atoms with Crippen LogP contribution in [0, 0.1) is 22.7 Å². The average Bonchev–Trinajstić information content (AvgIpc) is 2.30. The fraction of sp³-hybridized carbons (Fsp3) is 0. The molecule has 0 aromatic carbocycles. The molecule has 46 valence electrons. The van der Waals surface area contributed by atoms with Crippen LogP contribution < -0.4 is 0 Å². The molecule has 0 atom stereocenters. The van der Waals surface area contributed by atoms with Gasteiger partial charge in [-0.25, -0.2) is 0 Å². The fourth-order valence-electron chi connectivity index (χ4n) is 0.487. The van der Waals surface area contributed by atoms with Crippen LogP contribution in [0.5, 0.6) is 0 Å². The fourth-order valence-corrected chi connectivity index (χ4v) is 0.487. The third-order valence-corrected chi connectivity index (χ3v) is 0.860.